The molecule has 1 heterocycles. The van der Waals surface area contributed by atoms with Crippen LogP contribution in [-0.4, -0.2) is 36.4 Å². The molecule has 0 radical (unpaired) electrons. The van der Waals surface area contributed by atoms with Gasteiger partial charge >= 0.3 is 0 Å². The van der Waals surface area contributed by atoms with Gasteiger partial charge in [0.2, 0.25) is 5.91 Å². The van der Waals surface area contributed by atoms with Gasteiger partial charge in [0.15, 0.2) is 0 Å². The standard InChI is InChI=1S/C11H19NO3/c13-10(9-2-1-3-9)12-8-11(14)4-6-15-7-5-11/h9,14H,1-8H2,(H,12,13). The van der Waals surface area contributed by atoms with E-state index in [9.17, 15) is 9.90 Å². The van der Waals surface area contributed by atoms with Gasteiger partial charge in [0.25, 0.3) is 0 Å². The van der Waals surface area contributed by atoms with Crippen LogP contribution < -0.4 is 5.32 Å². The van der Waals surface area contributed by atoms with Crippen LogP contribution in [0.4, 0.5) is 0 Å². The Bertz CT molecular complexity index is 232. The van der Waals surface area contributed by atoms with E-state index < -0.39 is 5.60 Å². The average molecular weight is 213 g/mol. The summed E-state index contributed by atoms with van der Waals surface area (Å²) in [5.74, 6) is 0.314. The Balaban J connectivity index is 1.73. The molecule has 2 rings (SSSR count). The van der Waals surface area contributed by atoms with E-state index in [0.717, 1.165) is 19.3 Å². The number of carbonyl (C=O) groups excluding carboxylic acids is 1. The number of nitrogens with one attached hydrogen (secondary N) is 1. The highest BCUT2D eigenvalue weighted by Gasteiger charge is 2.32. The number of amides is 1. The Morgan fingerprint density at radius 1 is 1.40 bits per heavy atom. The minimum absolute atomic E-state index is 0.112. The molecule has 0 bridgehead atoms. The van der Waals surface area contributed by atoms with Crippen LogP contribution in [0.3, 0.4) is 0 Å². The molecule has 0 aromatic heterocycles. The lowest BCUT2D eigenvalue weighted by Crippen LogP contribution is -2.48. The molecule has 15 heavy (non-hydrogen) atoms. The molecule has 4 nitrogen and oxygen atoms in total. The molecule has 0 aromatic carbocycles. The van der Waals surface area contributed by atoms with E-state index in [1.165, 1.54) is 0 Å². The van der Waals surface area contributed by atoms with Gasteiger partial charge in [-0.2, -0.15) is 0 Å². The quantitative estimate of drug-likeness (QED) is 0.715. The summed E-state index contributed by atoms with van der Waals surface area (Å²) in [6, 6.07) is 0. The van der Waals surface area contributed by atoms with Crippen LogP contribution in [0.25, 0.3) is 0 Å². The van der Waals surface area contributed by atoms with E-state index in [-0.39, 0.29) is 11.8 Å². The maximum atomic E-state index is 11.6. The predicted octanol–water partition coefficient (Wildman–Crippen LogP) is 0.444. The maximum absolute atomic E-state index is 11.6. The van der Waals surface area contributed by atoms with E-state index in [4.69, 9.17) is 4.74 Å². The van der Waals surface area contributed by atoms with Crippen molar-refractivity contribution in [2.45, 2.75) is 37.7 Å². The Hall–Kier alpha value is -0.610. The second kappa shape index (κ2) is 4.49. The van der Waals surface area contributed by atoms with E-state index in [2.05, 4.69) is 5.32 Å². The molecule has 2 fully saturated rings. The molecule has 0 unspecified atom stereocenters. The van der Waals surface area contributed by atoms with Crippen LogP contribution in [0.5, 0.6) is 0 Å². The Morgan fingerprint density at radius 2 is 2.07 bits per heavy atom. The Kier molecular flexibility index (Phi) is 3.26. The van der Waals surface area contributed by atoms with Crippen molar-refractivity contribution >= 4 is 5.91 Å². The maximum Gasteiger partial charge on any atom is 0.223 e. The summed E-state index contributed by atoms with van der Waals surface area (Å²) in [4.78, 5) is 11.6. The summed E-state index contributed by atoms with van der Waals surface area (Å²) in [6.45, 7) is 1.57. The van der Waals surface area contributed by atoms with Crippen molar-refractivity contribution in [2.75, 3.05) is 19.8 Å². The van der Waals surface area contributed by atoms with Crippen molar-refractivity contribution in [3.8, 4) is 0 Å². The highest BCUT2D eigenvalue weighted by Crippen LogP contribution is 2.26. The minimum atomic E-state index is -0.738. The summed E-state index contributed by atoms with van der Waals surface area (Å²) in [5.41, 5.74) is -0.738. The zero-order valence-electron chi connectivity index (χ0n) is 9.00. The molecule has 1 aliphatic heterocycles. The lowest BCUT2D eigenvalue weighted by molar-refractivity contribution is -0.130. The van der Waals surface area contributed by atoms with Gasteiger partial charge in [-0.25, -0.2) is 0 Å². The third-order valence-corrected chi connectivity index (χ3v) is 3.49. The molecule has 0 spiro atoms. The molecule has 4 heteroatoms. The van der Waals surface area contributed by atoms with Crippen LogP contribution in [-0.2, 0) is 9.53 Å². The van der Waals surface area contributed by atoms with E-state index in [1.807, 2.05) is 0 Å². The van der Waals surface area contributed by atoms with Crippen molar-refractivity contribution in [3.63, 3.8) is 0 Å². The van der Waals surface area contributed by atoms with Gasteiger partial charge < -0.3 is 15.2 Å². The van der Waals surface area contributed by atoms with Crippen molar-refractivity contribution in [1.29, 1.82) is 0 Å². The van der Waals surface area contributed by atoms with E-state index in [1.54, 1.807) is 0 Å². The number of aliphatic hydroxyl groups is 1. The number of carbonyl (C=O) groups is 1. The Labute approximate surface area is 90.0 Å². The monoisotopic (exact) mass is 213 g/mol. The van der Waals surface area contributed by atoms with Gasteiger partial charge in [-0.15, -0.1) is 0 Å². The third-order valence-electron chi connectivity index (χ3n) is 3.49. The summed E-state index contributed by atoms with van der Waals surface area (Å²) in [5, 5.41) is 12.9. The van der Waals surface area contributed by atoms with Crippen molar-refractivity contribution in [1.82, 2.24) is 5.32 Å². The number of hydrogen-bond donors (Lipinski definition) is 2. The zero-order valence-corrected chi connectivity index (χ0v) is 9.00. The lowest BCUT2D eigenvalue weighted by Gasteiger charge is -2.33. The normalized spacial score (nSPS) is 25.7. The molecule has 1 amide bonds. The first-order chi connectivity index (χ1) is 7.20. The Morgan fingerprint density at radius 3 is 2.60 bits per heavy atom. The fourth-order valence-electron chi connectivity index (χ4n) is 1.99. The molecule has 2 aliphatic rings. The van der Waals surface area contributed by atoms with Crippen LogP contribution in [0.1, 0.15) is 32.1 Å². The molecule has 2 N–H and O–H groups in total. The fraction of sp³-hybridized carbons (Fsp3) is 0.909. The van der Waals surface area contributed by atoms with Crippen molar-refractivity contribution < 1.29 is 14.6 Å². The third kappa shape index (κ3) is 2.69. The molecule has 1 saturated carbocycles. The topological polar surface area (TPSA) is 58.6 Å². The van der Waals surface area contributed by atoms with Gasteiger partial charge in [0.05, 0.1) is 5.60 Å². The lowest BCUT2D eigenvalue weighted by atomic mass is 9.84. The number of hydrogen-bond acceptors (Lipinski definition) is 3. The molecule has 0 aromatic rings. The first-order valence-corrected chi connectivity index (χ1v) is 5.77. The summed E-state index contributed by atoms with van der Waals surface area (Å²) < 4.78 is 5.18. The summed E-state index contributed by atoms with van der Waals surface area (Å²) in [6.07, 6.45) is 4.42. The first kappa shape index (κ1) is 10.9. The molecule has 1 saturated heterocycles. The van der Waals surface area contributed by atoms with Crippen molar-refractivity contribution in [2.24, 2.45) is 5.92 Å². The average Bonchev–Trinajstić information content (AvgIpc) is 2.14. The highest BCUT2D eigenvalue weighted by molar-refractivity contribution is 5.79. The van der Waals surface area contributed by atoms with Gasteiger partial charge in [-0.3, -0.25) is 4.79 Å². The van der Waals surface area contributed by atoms with E-state index in [0.29, 0.717) is 32.6 Å². The van der Waals surface area contributed by atoms with Gasteiger partial charge in [0, 0.05) is 38.5 Å². The summed E-state index contributed by atoms with van der Waals surface area (Å²) >= 11 is 0. The van der Waals surface area contributed by atoms with Gasteiger partial charge in [-0.05, 0) is 12.8 Å². The molecular formula is C11H19NO3. The van der Waals surface area contributed by atoms with Gasteiger partial charge in [-0.1, -0.05) is 6.42 Å². The van der Waals surface area contributed by atoms with Gasteiger partial charge in [0.1, 0.15) is 0 Å². The predicted molar refractivity (Wildman–Crippen MR) is 55.4 cm³/mol. The second-order valence-electron chi connectivity index (χ2n) is 4.68. The smallest absolute Gasteiger partial charge is 0.223 e. The molecule has 86 valence electrons. The SMILES string of the molecule is O=C(NCC1(O)CCOCC1)C1CCC1. The second-order valence-corrected chi connectivity index (χ2v) is 4.68. The van der Waals surface area contributed by atoms with E-state index >= 15 is 0 Å². The molecule has 0 atom stereocenters. The summed E-state index contributed by atoms with van der Waals surface area (Å²) in [7, 11) is 0. The van der Waals surface area contributed by atoms with Crippen LogP contribution >= 0.6 is 0 Å². The molecular weight excluding hydrogens is 194 g/mol. The fourth-order valence-corrected chi connectivity index (χ4v) is 1.99. The first-order valence-electron chi connectivity index (χ1n) is 5.77. The number of ether oxygens (including phenoxy) is 1. The minimum Gasteiger partial charge on any atom is -0.388 e. The van der Waals surface area contributed by atoms with Crippen LogP contribution in [0.15, 0.2) is 0 Å². The van der Waals surface area contributed by atoms with Crippen molar-refractivity contribution in [3.05, 3.63) is 0 Å². The van der Waals surface area contributed by atoms with Crippen LogP contribution in [0.2, 0.25) is 0 Å². The largest absolute Gasteiger partial charge is 0.388 e. The zero-order chi connectivity index (χ0) is 10.7. The van der Waals surface area contributed by atoms with Crippen LogP contribution in [0, 0.1) is 5.92 Å². The number of rotatable bonds is 3. The highest BCUT2D eigenvalue weighted by atomic mass is 16.5. The molecule has 1 aliphatic carbocycles.